The first-order chi connectivity index (χ1) is 27.1. The third kappa shape index (κ3) is 9.87. The van der Waals surface area contributed by atoms with Crippen molar-refractivity contribution in [1.29, 1.82) is 0 Å². The van der Waals surface area contributed by atoms with Crippen LogP contribution in [0, 0.1) is 18.8 Å². The number of hydrogen-bond acceptors (Lipinski definition) is 8. The number of nitrogens with one attached hydrogen (secondary N) is 5. The highest BCUT2D eigenvalue weighted by atomic mass is 16.5. The fourth-order valence-corrected chi connectivity index (χ4v) is 7.73. The molecule has 0 bridgehead atoms. The average molecular weight is 766 g/mol. The van der Waals surface area contributed by atoms with Crippen LogP contribution < -0.4 is 26.6 Å². The highest BCUT2D eigenvalue weighted by Gasteiger charge is 2.34. The summed E-state index contributed by atoms with van der Waals surface area (Å²) < 4.78 is 16.8. The number of likely N-dealkylation sites (N-methyl/N-ethyl adjacent to an activating group) is 1. The molecule has 6 rings (SSSR count). The van der Waals surface area contributed by atoms with E-state index in [9.17, 15) is 24.0 Å². The lowest BCUT2D eigenvalue weighted by atomic mass is 9.83. The molecule has 2 heterocycles. The van der Waals surface area contributed by atoms with Gasteiger partial charge in [-0.05, 0) is 86.9 Å². The minimum absolute atomic E-state index is 0.00185. The van der Waals surface area contributed by atoms with Crippen molar-refractivity contribution >= 4 is 35.4 Å². The Balaban J connectivity index is 1.23. The van der Waals surface area contributed by atoms with E-state index in [1.54, 1.807) is 49.5 Å². The van der Waals surface area contributed by atoms with Gasteiger partial charge in [-0.2, -0.15) is 0 Å². The Morgan fingerprint density at radius 3 is 1.86 bits per heavy atom. The molecule has 13 heteroatoms. The van der Waals surface area contributed by atoms with Gasteiger partial charge in [-0.3, -0.25) is 24.5 Å². The molecular weight excluding hydrogens is 715 g/mol. The van der Waals surface area contributed by atoms with Crippen molar-refractivity contribution in [2.24, 2.45) is 11.8 Å². The molecule has 5 N–H and O–H groups in total. The van der Waals surface area contributed by atoms with E-state index in [1.165, 1.54) is 7.11 Å². The molecule has 13 nitrogen and oxygen atoms in total. The van der Waals surface area contributed by atoms with Crippen LogP contribution in [0.25, 0.3) is 22.6 Å². The minimum Gasteiger partial charge on any atom is -0.453 e. The van der Waals surface area contributed by atoms with Gasteiger partial charge in [0.15, 0.2) is 11.5 Å². The van der Waals surface area contributed by atoms with E-state index in [4.69, 9.17) is 13.6 Å². The fourth-order valence-electron chi connectivity index (χ4n) is 7.73. The molecule has 2 fully saturated rings. The van der Waals surface area contributed by atoms with E-state index in [0.717, 1.165) is 75.3 Å². The molecule has 0 spiro atoms. The molecule has 56 heavy (non-hydrogen) atoms. The predicted molar refractivity (Wildman–Crippen MR) is 211 cm³/mol. The van der Waals surface area contributed by atoms with Gasteiger partial charge in [-0.1, -0.05) is 68.4 Å². The molecule has 2 saturated carbocycles. The second-order valence-corrected chi connectivity index (χ2v) is 14.7. The summed E-state index contributed by atoms with van der Waals surface area (Å²) in [5.41, 5.74) is 3.52. The van der Waals surface area contributed by atoms with Crippen molar-refractivity contribution in [3.63, 3.8) is 0 Å². The number of methoxy groups -OCH3 is 1. The molecule has 0 aliphatic heterocycles. The van der Waals surface area contributed by atoms with Crippen LogP contribution in [0.4, 0.5) is 10.5 Å². The number of benzene rings is 2. The van der Waals surface area contributed by atoms with Crippen LogP contribution in [-0.4, -0.2) is 56.0 Å². The summed E-state index contributed by atoms with van der Waals surface area (Å²) >= 11 is 0. The molecule has 2 aliphatic carbocycles. The number of carbonyl (C=O) groups excluding carboxylic acids is 5. The third-order valence-corrected chi connectivity index (χ3v) is 10.9. The Kier molecular flexibility index (Phi) is 13.3. The Bertz CT molecular complexity index is 1990. The topological polar surface area (TPSA) is 181 Å². The number of furan rings is 2. The lowest BCUT2D eigenvalue weighted by Crippen LogP contribution is -2.51. The van der Waals surface area contributed by atoms with Crippen LogP contribution in [0.5, 0.6) is 0 Å². The lowest BCUT2D eigenvalue weighted by molar-refractivity contribution is -0.125. The number of aryl methyl sites for hydroxylation is 1. The highest BCUT2D eigenvalue weighted by Crippen LogP contribution is 2.32. The molecular formula is C43H51N5O8. The van der Waals surface area contributed by atoms with E-state index in [1.807, 2.05) is 31.2 Å². The highest BCUT2D eigenvalue weighted by molar-refractivity contribution is 5.97. The molecule has 2 unspecified atom stereocenters. The maximum atomic E-state index is 14.1. The zero-order valence-corrected chi connectivity index (χ0v) is 32.2. The van der Waals surface area contributed by atoms with Gasteiger partial charge in [0, 0.05) is 36.0 Å². The molecule has 2 aromatic carbocycles. The van der Waals surface area contributed by atoms with Gasteiger partial charge in [0.1, 0.15) is 23.6 Å². The Labute approximate surface area is 326 Å². The van der Waals surface area contributed by atoms with Crippen LogP contribution in [-0.2, 0) is 20.9 Å². The van der Waals surface area contributed by atoms with Gasteiger partial charge in [-0.25, -0.2) is 4.79 Å². The fraction of sp³-hybridized carbons (Fsp3) is 0.419. The average Bonchev–Trinajstić information content (AvgIpc) is 3.90. The van der Waals surface area contributed by atoms with Gasteiger partial charge < -0.3 is 34.8 Å². The van der Waals surface area contributed by atoms with E-state index in [2.05, 4.69) is 26.6 Å². The smallest absolute Gasteiger partial charge is 0.411 e. The lowest BCUT2D eigenvalue weighted by Gasteiger charge is -2.29. The largest absolute Gasteiger partial charge is 0.453 e. The van der Waals surface area contributed by atoms with Gasteiger partial charge in [0.05, 0.1) is 7.11 Å². The van der Waals surface area contributed by atoms with Gasteiger partial charge in [0.2, 0.25) is 11.8 Å². The SMILES string of the molecule is CNC(=O)C(NC(=O)c1cc(CNC(=O)C(NC(=O)c2ccc(-c3ccc(C)cc3)o2)C2CCCCC2)c(-c2ccc(NC(=O)OC)cc2)o1)C1CCCCC1. The molecule has 0 saturated heterocycles. The van der Waals surface area contributed by atoms with Crippen LogP contribution >= 0.6 is 0 Å². The van der Waals surface area contributed by atoms with E-state index >= 15 is 0 Å². The zero-order chi connectivity index (χ0) is 39.6. The van der Waals surface area contributed by atoms with Crippen LogP contribution in [0.15, 0.2) is 75.6 Å². The van der Waals surface area contributed by atoms with E-state index < -0.39 is 30.0 Å². The second-order valence-electron chi connectivity index (χ2n) is 14.7. The van der Waals surface area contributed by atoms with Crippen LogP contribution in [0.1, 0.15) is 96.4 Å². The zero-order valence-electron chi connectivity index (χ0n) is 32.2. The van der Waals surface area contributed by atoms with E-state index in [0.29, 0.717) is 28.3 Å². The predicted octanol–water partition coefficient (Wildman–Crippen LogP) is 7.11. The summed E-state index contributed by atoms with van der Waals surface area (Å²) in [4.78, 5) is 66.1. The van der Waals surface area contributed by atoms with Crippen molar-refractivity contribution < 1.29 is 37.5 Å². The standard InChI is InChI=1S/C43H51N5O8/c1-26-14-16-27(17-15-26)33-22-23-34(55-33)39(49)48-37(29-12-8-5-9-13-29)42(52)45-25-31-24-35(40(50)47-36(41(51)44-2)28-10-6-4-7-11-28)56-38(31)30-18-20-32(21-19-30)46-43(53)54-3/h14-24,28-29,36-37H,4-13,25H2,1-3H3,(H,44,51)(H,45,52)(H,46,53)(H,47,50)(H,48,49). The van der Waals surface area contributed by atoms with Crippen molar-refractivity contribution in [3.05, 3.63) is 89.4 Å². The van der Waals surface area contributed by atoms with Gasteiger partial charge in [-0.15, -0.1) is 0 Å². The number of hydrogen-bond donors (Lipinski definition) is 5. The monoisotopic (exact) mass is 765 g/mol. The number of anilines is 1. The first-order valence-electron chi connectivity index (χ1n) is 19.5. The quantitative estimate of drug-likeness (QED) is 0.0955. The molecule has 4 aromatic rings. The molecule has 2 atom stereocenters. The van der Waals surface area contributed by atoms with Crippen LogP contribution in [0.3, 0.4) is 0 Å². The Morgan fingerprint density at radius 2 is 1.27 bits per heavy atom. The second kappa shape index (κ2) is 18.7. The maximum absolute atomic E-state index is 14.1. The van der Waals surface area contributed by atoms with Crippen molar-refractivity contribution in [2.45, 2.75) is 89.8 Å². The number of amides is 5. The Morgan fingerprint density at radius 1 is 0.696 bits per heavy atom. The van der Waals surface area contributed by atoms with Crippen molar-refractivity contribution in [3.8, 4) is 22.6 Å². The number of rotatable bonds is 13. The van der Waals surface area contributed by atoms with Gasteiger partial charge >= 0.3 is 6.09 Å². The summed E-state index contributed by atoms with van der Waals surface area (Å²) in [6.45, 7) is 1.97. The molecule has 2 aliphatic rings. The summed E-state index contributed by atoms with van der Waals surface area (Å²) in [6, 6.07) is 17.9. The first kappa shape index (κ1) is 39.8. The minimum atomic E-state index is -0.832. The molecule has 296 valence electrons. The normalized spacial score (nSPS) is 15.9. The van der Waals surface area contributed by atoms with Gasteiger partial charge in [0.25, 0.3) is 11.8 Å². The molecule has 5 amide bonds. The van der Waals surface area contributed by atoms with Crippen molar-refractivity contribution in [1.82, 2.24) is 21.3 Å². The van der Waals surface area contributed by atoms with Crippen molar-refractivity contribution in [2.75, 3.05) is 19.5 Å². The Hall–Kier alpha value is -5.85. The number of ether oxygens (including phenoxy) is 1. The summed E-state index contributed by atoms with van der Waals surface area (Å²) in [5.74, 6) is -0.802. The molecule has 2 aromatic heterocycles. The summed E-state index contributed by atoms with van der Waals surface area (Å²) in [5, 5.41) is 14.2. The molecule has 0 radical (unpaired) electrons. The van der Waals surface area contributed by atoms with Crippen LogP contribution in [0.2, 0.25) is 0 Å². The first-order valence-corrected chi connectivity index (χ1v) is 19.5. The maximum Gasteiger partial charge on any atom is 0.411 e. The van der Waals surface area contributed by atoms with E-state index in [-0.39, 0.29) is 41.7 Å². The summed E-state index contributed by atoms with van der Waals surface area (Å²) in [7, 11) is 2.82. The summed E-state index contributed by atoms with van der Waals surface area (Å²) in [6.07, 6.45) is 8.64. The third-order valence-electron chi connectivity index (χ3n) is 10.9. The number of carbonyl (C=O) groups is 5.